The van der Waals surface area contributed by atoms with Crippen LogP contribution in [0.25, 0.3) is 0 Å². The molecule has 0 saturated heterocycles. The normalized spacial score (nSPS) is 18.4. The minimum atomic E-state index is -0.786. The highest BCUT2D eigenvalue weighted by atomic mass is 79.9. The Morgan fingerprint density at radius 3 is 2.59 bits per heavy atom. The molecule has 2 rings (SSSR count). The van der Waals surface area contributed by atoms with E-state index in [1.165, 1.54) is 13.2 Å². The van der Waals surface area contributed by atoms with Gasteiger partial charge < -0.3 is 15.6 Å². The van der Waals surface area contributed by atoms with Crippen molar-refractivity contribution in [1.82, 2.24) is 0 Å². The van der Waals surface area contributed by atoms with Gasteiger partial charge in [0.05, 0.1) is 17.1 Å². The van der Waals surface area contributed by atoms with Gasteiger partial charge in [-0.05, 0) is 28.8 Å². The molecule has 3 nitrogen and oxygen atoms in total. The fraction of sp³-hybridized carbons (Fsp3) is 0.500. The summed E-state index contributed by atoms with van der Waals surface area (Å²) in [5.41, 5.74) is 5.58. The molecule has 0 aliphatic heterocycles. The van der Waals surface area contributed by atoms with Gasteiger partial charge in [-0.15, -0.1) is 0 Å². The lowest BCUT2D eigenvalue weighted by Crippen LogP contribution is -2.34. The second-order valence-corrected chi connectivity index (χ2v) is 5.32. The highest BCUT2D eigenvalue weighted by Gasteiger charge is 2.38. The van der Waals surface area contributed by atoms with Crippen molar-refractivity contribution in [3.63, 3.8) is 0 Å². The standard InChI is InChI=1S/C12H15BrFNO2/c1-17-8-6-7(13)10(14)9(11(8)16)12(15)4-2-3-5-12/h6,16H,2-5,15H2,1H3. The highest BCUT2D eigenvalue weighted by Crippen LogP contribution is 2.46. The van der Waals surface area contributed by atoms with Gasteiger partial charge in [-0.25, -0.2) is 4.39 Å². The third-order valence-electron chi connectivity index (χ3n) is 3.37. The molecule has 5 heteroatoms. The molecule has 0 radical (unpaired) electrons. The Morgan fingerprint density at radius 2 is 2.06 bits per heavy atom. The number of halogens is 2. The predicted octanol–water partition coefficient (Wildman–Crippen LogP) is 3.03. The third kappa shape index (κ3) is 2.02. The van der Waals surface area contributed by atoms with Crippen LogP contribution in [0.15, 0.2) is 10.5 Å². The second-order valence-electron chi connectivity index (χ2n) is 4.46. The van der Waals surface area contributed by atoms with Crippen LogP contribution in [0.3, 0.4) is 0 Å². The van der Waals surface area contributed by atoms with Gasteiger partial charge in [0, 0.05) is 11.6 Å². The van der Waals surface area contributed by atoms with Crippen LogP contribution in [0, 0.1) is 5.82 Å². The zero-order valence-corrected chi connectivity index (χ0v) is 11.2. The molecule has 3 N–H and O–H groups in total. The molecule has 0 amide bonds. The van der Waals surface area contributed by atoms with Gasteiger partial charge in [0.1, 0.15) is 5.82 Å². The maximum atomic E-state index is 14.1. The molecule has 1 aliphatic rings. The van der Waals surface area contributed by atoms with Crippen molar-refractivity contribution in [2.75, 3.05) is 7.11 Å². The molecule has 0 atom stereocenters. The van der Waals surface area contributed by atoms with Crippen LogP contribution < -0.4 is 10.5 Å². The fourth-order valence-corrected chi connectivity index (χ4v) is 2.87. The van der Waals surface area contributed by atoms with E-state index in [0.717, 1.165) is 12.8 Å². The maximum Gasteiger partial charge on any atom is 0.165 e. The first-order chi connectivity index (χ1) is 7.99. The number of aromatic hydroxyl groups is 1. The van der Waals surface area contributed by atoms with Crippen LogP contribution >= 0.6 is 15.9 Å². The zero-order chi connectivity index (χ0) is 12.6. The van der Waals surface area contributed by atoms with E-state index >= 15 is 0 Å². The van der Waals surface area contributed by atoms with Gasteiger partial charge >= 0.3 is 0 Å². The molecule has 1 saturated carbocycles. The van der Waals surface area contributed by atoms with Gasteiger partial charge in [0.15, 0.2) is 11.5 Å². The van der Waals surface area contributed by atoms with E-state index in [4.69, 9.17) is 10.5 Å². The molecule has 1 aromatic carbocycles. The highest BCUT2D eigenvalue weighted by molar-refractivity contribution is 9.10. The first-order valence-corrected chi connectivity index (χ1v) is 6.33. The molecule has 0 aromatic heterocycles. The van der Waals surface area contributed by atoms with Crippen molar-refractivity contribution in [3.8, 4) is 11.5 Å². The predicted molar refractivity (Wildman–Crippen MR) is 66.7 cm³/mol. The summed E-state index contributed by atoms with van der Waals surface area (Å²) < 4.78 is 19.4. The monoisotopic (exact) mass is 303 g/mol. The lowest BCUT2D eigenvalue weighted by Gasteiger charge is -2.26. The van der Waals surface area contributed by atoms with E-state index in [0.29, 0.717) is 12.8 Å². The first-order valence-electron chi connectivity index (χ1n) is 5.54. The summed E-state index contributed by atoms with van der Waals surface area (Å²) in [5.74, 6) is -0.435. The molecule has 0 spiro atoms. The number of nitrogens with two attached hydrogens (primary N) is 1. The number of rotatable bonds is 2. The van der Waals surface area contributed by atoms with E-state index < -0.39 is 11.4 Å². The summed E-state index contributed by atoms with van der Waals surface area (Å²) in [6, 6.07) is 1.41. The van der Waals surface area contributed by atoms with Gasteiger partial charge in [-0.2, -0.15) is 0 Å². The van der Waals surface area contributed by atoms with E-state index in [1.54, 1.807) is 0 Å². The summed E-state index contributed by atoms with van der Waals surface area (Å²) in [4.78, 5) is 0. The smallest absolute Gasteiger partial charge is 0.165 e. The molecule has 0 unspecified atom stereocenters. The number of phenols is 1. The number of phenolic OH excluding ortho intramolecular Hbond substituents is 1. The zero-order valence-electron chi connectivity index (χ0n) is 9.59. The topological polar surface area (TPSA) is 55.5 Å². The van der Waals surface area contributed by atoms with Crippen molar-refractivity contribution in [2.24, 2.45) is 5.73 Å². The van der Waals surface area contributed by atoms with E-state index in [-0.39, 0.29) is 21.5 Å². The Morgan fingerprint density at radius 1 is 1.47 bits per heavy atom. The van der Waals surface area contributed by atoms with Gasteiger partial charge in [-0.3, -0.25) is 0 Å². The largest absolute Gasteiger partial charge is 0.504 e. The summed E-state index contributed by atoms with van der Waals surface area (Å²) in [6.45, 7) is 0. The van der Waals surface area contributed by atoms with Crippen molar-refractivity contribution in [2.45, 2.75) is 31.2 Å². The molecule has 0 bridgehead atoms. The Hall–Kier alpha value is -0.810. The Bertz CT molecular complexity index is 445. The maximum absolute atomic E-state index is 14.1. The summed E-state index contributed by atoms with van der Waals surface area (Å²) in [5, 5.41) is 10.1. The van der Waals surface area contributed by atoms with Crippen molar-refractivity contribution < 1.29 is 14.2 Å². The number of hydrogen-bond acceptors (Lipinski definition) is 3. The van der Waals surface area contributed by atoms with Crippen molar-refractivity contribution >= 4 is 15.9 Å². The van der Waals surface area contributed by atoms with Crippen molar-refractivity contribution in [3.05, 3.63) is 21.9 Å². The molecule has 17 heavy (non-hydrogen) atoms. The lowest BCUT2D eigenvalue weighted by molar-refractivity contribution is 0.344. The Kier molecular flexibility index (Phi) is 3.32. The van der Waals surface area contributed by atoms with Crippen LogP contribution in [0.2, 0.25) is 0 Å². The molecular formula is C12H15BrFNO2. The van der Waals surface area contributed by atoms with Crippen LogP contribution in [0.5, 0.6) is 11.5 Å². The average molecular weight is 304 g/mol. The van der Waals surface area contributed by atoms with Crippen LogP contribution in [0.1, 0.15) is 31.2 Å². The summed E-state index contributed by atoms with van der Waals surface area (Å²) in [6.07, 6.45) is 3.25. The van der Waals surface area contributed by atoms with Gasteiger partial charge in [0.2, 0.25) is 0 Å². The Balaban J connectivity index is 2.62. The summed E-state index contributed by atoms with van der Waals surface area (Å²) in [7, 11) is 1.43. The van der Waals surface area contributed by atoms with Crippen molar-refractivity contribution in [1.29, 1.82) is 0 Å². The molecule has 1 aliphatic carbocycles. The minimum Gasteiger partial charge on any atom is -0.504 e. The SMILES string of the molecule is COc1cc(Br)c(F)c(C2(N)CCCC2)c1O. The van der Waals surface area contributed by atoms with Crippen LogP contribution in [-0.2, 0) is 5.54 Å². The van der Waals surface area contributed by atoms with Crippen LogP contribution in [0.4, 0.5) is 4.39 Å². The minimum absolute atomic E-state index is 0.168. The molecule has 0 heterocycles. The molecule has 1 fully saturated rings. The van der Waals surface area contributed by atoms with E-state index in [2.05, 4.69) is 15.9 Å². The molecular weight excluding hydrogens is 289 g/mol. The summed E-state index contributed by atoms with van der Waals surface area (Å²) >= 11 is 3.12. The number of benzene rings is 1. The van der Waals surface area contributed by atoms with Crippen LogP contribution in [-0.4, -0.2) is 12.2 Å². The second kappa shape index (κ2) is 4.46. The quantitative estimate of drug-likeness (QED) is 0.883. The number of ether oxygens (including phenoxy) is 1. The molecule has 1 aromatic rings. The first kappa shape index (κ1) is 12.6. The Labute approximate surface area is 108 Å². The van der Waals surface area contributed by atoms with E-state index in [9.17, 15) is 9.50 Å². The van der Waals surface area contributed by atoms with E-state index in [1.807, 2.05) is 0 Å². The lowest BCUT2D eigenvalue weighted by atomic mass is 9.88. The third-order valence-corrected chi connectivity index (χ3v) is 3.95. The number of methoxy groups -OCH3 is 1. The molecule has 94 valence electrons. The average Bonchev–Trinajstić information content (AvgIpc) is 2.71. The fourth-order valence-electron chi connectivity index (χ4n) is 2.46. The number of hydrogen-bond donors (Lipinski definition) is 2. The van der Waals surface area contributed by atoms with Gasteiger partial charge in [0.25, 0.3) is 0 Å². The van der Waals surface area contributed by atoms with Gasteiger partial charge in [-0.1, -0.05) is 12.8 Å².